The molecule has 2 atom stereocenters. The molecule has 0 amide bonds. The Kier molecular flexibility index (Phi) is 3.54. The van der Waals surface area contributed by atoms with Crippen LogP contribution in [0.25, 0.3) is 0 Å². The van der Waals surface area contributed by atoms with Crippen molar-refractivity contribution in [3.05, 3.63) is 35.4 Å². The number of likely N-dealkylation sites (tertiary alicyclic amines) is 1. The Morgan fingerprint density at radius 1 is 1.11 bits per heavy atom. The number of rotatable bonds is 3. The highest BCUT2D eigenvalue weighted by atomic mass is 19.3. The van der Waals surface area contributed by atoms with Crippen LogP contribution >= 0.6 is 0 Å². The molecule has 2 aliphatic rings. The standard InChI is InChI=1S/C15H20F2N2/c16-15(17)11-5-3-10(4-6-11)14-13(18)2-1-9-19(14)12-7-8-12/h3-6,12-15H,1-2,7-9,18H2. The Morgan fingerprint density at radius 3 is 2.37 bits per heavy atom. The molecule has 19 heavy (non-hydrogen) atoms. The van der Waals surface area contributed by atoms with Gasteiger partial charge in [-0.2, -0.15) is 0 Å². The summed E-state index contributed by atoms with van der Waals surface area (Å²) in [5.74, 6) is 0. The number of nitrogens with zero attached hydrogens (tertiary/aromatic N) is 1. The smallest absolute Gasteiger partial charge is 0.263 e. The van der Waals surface area contributed by atoms with Gasteiger partial charge < -0.3 is 5.73 Å². The van der Waals surface area contributed by atoms with Gasteiger partial charge >= 0.3 is 0 Å². The van der Waals surface area contributed by atoms with Gasteiger partial charge in [-0.1, -0.05) is 24.3 Å². The van der Waals surface area contributed by atoms with Crippen molar-refractivity contribution in [2.45, 2.75) is 50.2 Å². The van der Waals surface area contributed by atoms with E-state index < -0.39 is 6.43 Å². The first kappa shape index (κ1) is 13.0. The van der Waals surface area contributed by atoms with Gasteiger partial charge in [-0.3, -0.25) is 4.90 Å². The topological polar surface area (TPSA) is 29.3 Å². The molecule has 0 spiro atoms. The molecule has 104 valence electrons. The Bertz CT molecular complexity index is 428. The fourth-order valence-electron chi connectivity index (χ4n) is 3.15. The molecule has 1 heterocycles. The Hall–Kier alpha value is -1.00. The predicted molar refractivity (Wildman–Crippen MR) is 71.1 cm³/mol. The minimum Gasteiger partial charge on any atom is -0.326 e. The fraction of sp³-hybridized carbons (Fsp3) is 0.600. The van der Waals surface area contributed by atoms with E-state index >= 15 is 0 Å². The van der Waals surface area contributed by atoms with E-state index in [0.717, 1.165) is 24.9 Å². The lowest BCUT2D eigenvalue weighted by atomic mass is 9.90. The SMILES string of the molecule is NC1CCCN(C2CC2)C1c1ccc(C(F)F)cc1. The van der Waals surface area contributed by atoms with Gasteiger partial charge in [0, 0.05) is 17.6 Å². The van der Waals surface area contributed by atoms with E-state index in [-0.39, 0.29) is 17.6 Å². The molecule has 2 nitrogen and oxygen atoms in total. The second kappa shape index (κ2) is 5.17. The van der Waals surface area contributed by atoms with Gasteiger partial charge in [0.05, 0.1) is 6.04 Å². The average Bonchev–Trinajstić information content (AvgIpc) is 3.23. The molecule has 1 aromatic rings. The van der Waals surface area contributed by atoms with Gasteiger partial charge in [0.15, 0.2) is 0 Å². The molecule has 4 heteroatoms. The van der Waals surface area contributed by atoms with E-state index in [2.05, 4.69) is 4.90 Å². The van der Waals surface area contributed by atoms with E-state index in [0.29, 0.717) is 6.04 Å². The number of benzene rings is 1. The quantitative estimate of drug-likeness (QED) is 0.910. The largest absolute Gasteiger partial charge is 0.326 e. The number of hydrogen-bond donors (Lipinski definition) is 1. The highest BCUT2D eigenvalue weighted by Gasteiger charge is 2.39. The first-order chi connectivity index (χ1) is 9.16. The van der Waals surface area contributed by atoms with Crippen molar-refractivity contribution in [2.75, 3.05) is 6.54 Å². The van der Waals surface area contributed by atoms with Crippen molar-refractivity contribution in [2.24, 2.45) is 5.73 Å². The molecule has 1 saturated carbocycles. The first-order valence-corrected chi connectivity index (χ1v) is 7.06. The zero-order valence-corrected chi connectivity index (χ0v) is 10.9. The van der Waals surface area contributed by atoms with Crippen molar-refractivity contribution >= 4 is 0 Å². The molecule has 2 N–H and O–H groups in total. The van der Waals surface area contributed by atoms with Crippen LogP contribution in [-0.2, 0) is 0 Å². The molecule has 1 aliphatic heterocycles. The van der Waals surface area contributed by atoms with Crippen LogP contribution in [0.3, 0.4) is 0 Å². The molecule has 0 bridgehead atoms. The molecule has 3 rings (SSSR count). The summed E-state index contributed by atoms with van der Waals surface area (Å²) in [4.78, 5) is 2.48. The second-order valence-corrected chi connectivity index (χ2v) is 5.69. The van der Waals surface area contributed by atoms with E-state index in [1.807, 2.05) is 12.1 Å². The molecular weight excluding hydrogens is 246 g/mol. The molecule has 1 aromatic carbocycles. The summed E-state index contributed by atoms with van der Waals surface area (Å²) in [6.45, 7) is 1.08. The maximum atomic E-state index is 12.6. The van der Waals surface area contributed by atoms with Crippen molar-refractivity contribution < 1.29 is 8.78 Å². The van der Waals surface area contributed by atoms with E-state index in [1.165, 1.54) is 25.0 Å². The van der Waals surface area contributed by atoms with Crippen molar-refractivity contribution in [1.82, 2.24) is 4.90 Å². The van der Waals surface area contributed by atoms with Crippen molar-refractivity contribution in [3.8, 4) is 0 Å². The fourth-order valence-corrected chi connectivity index (χ4v) is 3.15. The summed E-state index contributed by atoms with van der Waals surface area (Å²) in [5, 5.41) is 0. The summed E-state index contributed by atoms with van der Waals surface area (Å²) < 4.78 is 25.2. The van der Waals surface area contributed by atoms with Crippen LogP contribution in [0.15, 0.2) is 24.3 Å². The zero-order valence-electron chi connectivity index (χ0n) is 10.9. The molecule has 1 aliphatic carbocycles. The van der Waals surface area contributed by atoms with Gasteiger partial charge in [0.2, 0.25) is 0 Å². The summed E-state index contributed by atoms with van der Waals surface area (Å²) in [6.07, 6.45) is 2.26. The van der Waals surface area contributed by atoms with Crippen LogP contribution < -0.4 is 5.73 Å². The summed E-state index contributed by atoms with van der Waals surface area (Å²) in [7, 11) is 0. The minimum atomic E-state index is -2.39. The lowest BCUT2D eigenvalue weighted by Crippen LogP contribution is -2.46. The lowest BCUT2D eigenvalue weighted by molar-refractivity contribution is 0.119. The molecule has 2 fully saturated rings. The van der Waals surface area contributed by atoms with Crippen LogP contribution in [0.5, 0.6) is 0 Å². The summed E-state index contributed by atoms with van der Waals surface area (Å²) in [5.41, 5.74) is 7.45. The van der Waals surface area contributed by atoms with Crippen molar-refractivity contribution in [3.63, 3.8) is 0 Å². The summed E-state index contributed by atoms with van der Waals surface area (Å²) >= 11 is 0. The van der Waals surface area contributed by atoms with E-state index in [9.17, 15) is 8.78 Å². The Morgan fingerprint density at radius 2 is 1.79 bits per heavy atom. The third-order valence-electron chi connectivity index (χ3n) is 4.26. The number of halogens is 2. The average molecular weight is 266 g/mol. The maximum Gasteiger partial charge on any atom is 0.263 e. The van der Waals surface area contributed by atoms with Gasteiger partial charge in [-0.15, -0.1) is 0 Å². The van der Waals surface area contributed by atoms with Gasteiger partial charge in [0.1, 0.15) is 0 Å². The normalized spacial score (nSPS) is 28.8. The van der Waals surface area contributed by atoms with Crippen molar-refractivity contribution in [1.29, 1.82) is 0 Å². The highest BCUT2D eigenvalue weighted by molar-refractivity contribution is 5.27. The zero-order chi connectivity index (χ0) is 13.4. The first-order valence-electron chi connectivity index (χ1n) is 7.06. The molecule has 0 radical (unpaired) electrons. The number of nitrogens with two attached hydrogens (primary N) is 1. The number of alkyl halides is 2. The van der Waals surface area contributed by atoms with Crippen LogP contribution in [-0.4, -0.2) is 23.5 Å². The predicted octanol–water partition coefficient (Wildman–Crippen LogP) is 3.25. The number of piperidine rings is 1. The molecular formula is C15H20F2N2. The molecule has 0 aromatic heterocycles. The van der Waals surface area contributed by atoms with Crippen LogP contribution in [0, 0.1) is 0 Å². The third kappa shape index (κ3) is 2.65. The summed E-state index contributed by atoms with van der Waals surface area (Å²) in [6, 6.07) is 7.70. The Balaban J connectivity index is 1.84. The van der Waals surface area contributed by atoms with Crippen LogP contribution in [0.1, 0.15) is 49.3 Å². The second-order valence-electron chi connectivity index (χ2n) is 5.69. The van der Waals surface area contributed by atoms with Crippen LogP contribution in [0.4, 0.5) is 8.78 Å². The number of hydrogen-bond acceptors (Lipinski definition) is 2. The van der Waals surface area contributed by atoms with E-state index in [4.69, 9.17) is 5.73 Å². The van der Waals surface area contributed by atoms with Gasteiger partial charge in [-0.05, 0) is 37.8 Å². The lowest BCUT2D eigenvalue weighted by Gasteiger charge is -2.40. The van der Waals surface area contributed by atoms with E-state index in [1.54, 1.807) is 0 Å². The van der Waals surface area contributed by atoms with Crippen LogP contribution in [0.2, 0.25) is 0 Å². The van der Waals surface area contributed by atoms with Gasteiger partial charge in [0.25, 0.3) is 6.43 Å². The Labute approximate surface area is 112 Å². The molecule has 2 unspecified atom stereocenters. The third-order valence-corrected chi connectivity index (χ3v) is 4.26. The minimum absolute atomic E-state index is 0.0890. The van der Waals surface area contributed by atoms with Gasteiger partial charge in [-0.25, -0.2) is 8.78 Å². The maximum absolute atomic E-state index is 12.6. The molecule has 1 saturated heterocycles. The monoisotopic (exact) mass is 266 g/mol. The highest BCUT2D eigenvalue weighted by Crippen LogP contribution is 2.39.